The number of benzene rings is 2. The van der Waals surface area contributed by atoms with Crippen molar-refractivity contribution >= 4 is 16.6 Å². The smallest absolute Gasteiger partial charge is 0.139 e. The summed E-state index contributed by atoms with van der Waals surface area (Å²) in [5.74, 6) is 0.333. The second kappa shape index (κ2) is 5.74. The van der Waals surface area contributed by atoms with Crippen molar-refractivity contribution < 1.29 is 5.21 Å². The van der Waals surface area contributed by atoms with Crippen LogP contribution < -0.4 is 11.1 Å². The third-order valence-electron chi connectivity index (χ3n) is 4.34. The molecule has 0 amide bonds. The molecule has 4 nitrogen and oxygen atoms in total. The van der Waals surface area contributed by atoms with Gasteiger partial charge >= 0.3 is 0 Å². The van der Waals surface area contributed by atoms with Crippen LogP contribution in [0.3, 0.4) is 0 Å². The van der Waals surface area contributed by atoms with Gasteiger partial charge in [-0.1, -0.05) is 47.6 Å². The van der Waals surface area contributed by atoms with Gasteiger partial charge in [0.05, 0.1) is 0 Å². The minimum Gasteiger partial charge on any atom is -0.409 e. The van der Waals surface area contributed by atoms with Gasteiger partial charge in [0.2, 0.25) is 0 Å². The fourth-order valence-electron chi connectivity index (χ4n) is 2.92. The van der Waals surface area contributed by atoms with E-state index in [0.717, 1.165) is 25.9 Å². The van der Waals surface area contributed by atoms with E-state index in [9.17, 15) is 0 Å². The van der Waals surface area contributed by atoms with E-state index in [1.54, 1.807) is 0 Å². The van der Waals surface area contributed by atoms with Gasteiger partial charge in [-0.25, -0.2) is 0 Å². The van der Waals surface area contributed by atoms with Crippen molar-refractivity contribution in [3.05, 3.63) is 48.0 Å². The van der Waals surface area contributed by atoms with Crippen LogP contribution in [-0.4, -0.2) is 17.6 Å². The Hall–Kier alpha value is -2.07. The quantitative estimate of drug-likeness (QED) is 0.330. The highest BCUT2D eigenvalue weighted by molar-refractivity contribution is 5.85. The molecule has 1 aliphatic rings. The van der Waals surface area contributed by atoms with Crippen molar-refractivity contribution in [2.24, 2.45) is 16.3 Å². The molecule has 0 aliphatic heterocycles. The van der Waals surface area contributed by atoms with E-state index in [4.69, 9.17) is 10.9 Å². The summed E-state index contributed by atoms with van der Waals surface area (Å²) in [4.78, 5) is 0. The number of nitrogens with two attached hydrogens (primary N) is 1. The summed E-state index contributed by atoms with van der Waals surface area (Å²) in [7, 11) is 0. The molecule has 0 radical (unpaired) electrons. The standard InChI is InChI=1S/C17H21N3O/c18-16(20-21)10-17(8-9-17)12-19-11-14-6-3-5-13-4-1-2-7-15(13)14/h1-7,19,21H,8-12H2,(H2,18,20). The molecule has 0 atom stereocenters. The highest BCUT2D eigenvalue weighted by Gasteiger charge is 2.42. The van der Waals surface area contributed by atoms with Crippen molar-refractivity contribution in [2.45, 2.75) is 25.8 Å². The molecule has 0 saturated heterocycles. The van der Waals surface area contributed by atoms with Gasteiger partial charge in [-0.05, 0) is 34.6 Å². The first-order valence-electron chi connectivity index (χ1n) is 7.36. The monoisotopic (exact) mass is 283 g/mol. The zero-order valence-electron chi connectivity index (χ0n) is 12.0. The van der Waals surface area contributed by atoms with Gasteiger partial charge in [0.25, 0.3) is 0 Å². The first kappa shape index (κ1) is 13.9. The lowest BCUT2D eigenvalue weighted by atomic mass is 10.0. The van der Waals surface area contributed by atoms with E-state index in [1.807, 2.05) is 0 Å². The number of nitrogens with one attached hydrogen (secondary N) is 1. The summed E-state index contributed by atoms with van der Waals surface area (Å²) in [6, 6.07) is 14.8. The van der Waals surface area contributed by atoms with E-state index < -0.39 is 0 Å². The van der Waals surface area contributed by atoms with Crippen LogP contribution in [0.2, 0.25) is 0 Å². The molecule has 1 aliphatic carbocycles. The number of nitrogens with zero attached hydrogens (tertiary/aromatic N) is 1. The second-order valence-corrected chi connectivity index (χ2v) is 6.01. The number of amidine groups is 1. The maximum absolute atomic E-state index is 8.69. The van der Waals surface area contributed by atoms with Crippen LogP contribution in [0, 0.1) is 5.41 Å². The molecular formula is C17H21N3O. The Morgan fingerprint density at radius 3 is 2.71 bits per heavy atom. The van der Waals surface area contributed by atoms with E-state index in [0.29, 0.717) is 12.3 Å². The Morgan fingerprint density at radius 1 is 1.19 bits per heavy atom. The molecule has 0 aromatic heterocycles. The van der Waals surface area contributed by atoms with Gasteiger partial charge < -0.3 is 16.3 Å². The Kier molecular flexibility index (Phi) is 3.80. The average molecular weight is 283 g/mol. The number of hydrogen-bond acceptors (Lipinski definition) is 3. The van der Waals surface area contributed by atoms with Crippen LogP contribution in [0.25, 0.3) is 10.8 Å². The molecule has 0 unspecified atom stereocenters. The second-order valence-electron chi connectivity index (χ2n) is 6.01. The lowest BCUT2D eigenvalue weighted by molar-refractivity contribution is 0.314. The molecule has 110 valence electrons. The van der Waals surface area contributed by atoms with E-state index >= 15 is 0 Å². The van der Waals surface area contributed by atoms with Crippen LogP contribution in [0.4, 0.5) is 0 Å². The fourth-order valence-corrected chi connectivity index (χ4v) is 2.92. The summed E-state index contributed by atoms with van der Waals surface area (Å²) < 4.78 is 0. The first-order valence-corrected chi connectivity index (χ1v) is 7.36. The van der Waals surface area contributed by atoms with Gasteiger partial charge in [0.15, 0.2) is 0 Å². The zero-order valence-corrected chi connectivity index (χ0v) is 12.0. The van der Waals surface area contributed by atoms with Crippen LogP contribution in [0.1, 0.15) is 24.8 Å². The lowest BCUT2D eigenvalue weighted by Gasteiger charge is -2.15. The molecule has 0 spiro atoms. The highest BCUT2D eigenvalue weighted by atomic mass is 16.4. The predicted octanol–water partition coefficient (Wildman–Crippen LogP) is 2.85. The lowest BCUT2D eigenvalue weighted by Crippen LogP contribution is -2.28. The SMILES string of the molecule is NC(CC1(CNCc2cccc3ccccc23)CC1)=NO. The number of oxime groups is 1. The largest absolute Gasteiger partial charge is 0.409 e. The minimum atomic E-state index is 0.195. The average Bonchev–Trinajstić information content (AvgIpc) is 3.27. The molecule has 21 heavy (non-hydrogen) atoms. The van der Waals surface area contributed by atoms with E-state index in [2.05, 4.69) is 52.9 Å². The van der Waals surface area contributed by atoms with Crippen molar-refractivity contribution in [1.82, 2.24) is 5.32 Å². The van der Waals surface area contributed by atoms with Crippen molar-refractivity contribution in [2.75, 3.05) is 6.54 Å². The molecular weight excluding hydrogens is 262 g/mol. The van der Waals surface area contributed by atoms with E-state index in [1.165, 1.54) is 16.3 Å². The van der Waals surface area contributed by atoms with Crippen molar-refractivity contribution in [1.29, 1.82) is 0 Å². The van der Waals surface area contributed by atoms with Gasteiger partial charge in [-0.3, -0.25) is 0 Å². The summed E-state index contributed by atoms with van der Waals surface area (Å²) in [6.07, 6.45) is 2.96. The summed E-state index contributed by atoms with van der Waals surface area (Å²) in [5, 5.41) is 17.9. The molecule has 2 aromatic rings. The molecule has 0 bridgehead atoms. The molecule has 4 heteroatoms. The van der Waals surface area contributed by atoms with Crippen LogP contribution in [0.5, 0.6) is 0 Å². The first-order chi connectivity index (χ1) is 10.2. The molecule has 3 rings (SSSR count). The number of hydrogen-bond donors (Lipinski definition) is 3. The van der Waals surface area contributed by atoms with Crippen LogP contribution >= 0.6 is 0 Å². The number of rotatable bonds is 6. The Bertz CT molecular complexity index is 657. The van der Waals surface area contributed by atoms with Gasteiger partial charge in [-0.2, -0.15) is 0 Å². The van der Waals surface area contributed by atoms with Gasteiger partial charge in [0.1, 0.15) is 5.84 Å². The summed E-state index contributed by atoms with van der Waals surface area (Å²) in [6.45, 7) is 1.76. The molecule has 1 fully saturated rings. The third kappa shape index (κ3) is 3.16. The maximum atomic E-state index is 8.69. The fraction of sp³-hybridized carbons (Fsp3) is 0.353. The van der Waals surface area contributed by atoms with E-state index in [-0.39, 0.29) is 5.41 Å². The number of fused-ring (bicyclic) bond motifs is 1. The summed E-state index contributed by atoms with van der Waals surface area (Å²) in [5.41, 5.74) is 7.14. The zero-order chi connectivity index (χ0) is 14.7. The Labute approximate surface area is 124 Å². The maximum Gasteiger partial charge on any atom is 0.139 e. The predicted molar refractivity (Wildman–Crippen MR) is 85.3 cm³/mol. The Morgan fingerprint density at radius 2 is 1.95 bits per heavy atom. The van der Waals surface area contributed by atoms with Crippen molar-refractivity contribution in [3.8, 4) is 0 Å². The van der Waals surface area contributed by atoms with Crippen LogP contribution in [-0.2, 0) is 6.54 Å². The minimum absolute atomic E-state index is 0.195. The van der Waals surface area contributed by atoms with Crippen LogP contribution in [0.15, 0.2) is 47.6 Å². The molecule has 2 aromatic carbocycles. The van der Waals surface area contributed by atoms with Gasteiger partial charge in [-0.15, -0.1) is 0 Å². The Balaban J connectivity index is 1.63. The highest BCUT2D eigenvalue weighted by Crippen LogP contribution is 2.48. The normalized spacial score (nSPS) is 17.0. The molecule has 4 N–H and O–H groups in total. The van der Waals surface area contributed by atoms with Crippen molar-refractivity contribution in [3.63, 3.8) is 0 Å². The topological polar surface area (TPSA) is 70.6 Å². The third-order valence-corrected chi connectivity index (χ3v) is 4.34. The molecule has 0 heterocycles. The summed E-state index contributed by atoms with van der Waals surface area (Å²) >= 11 is 0. The molecule has 1 saturated carbocycles. The van der Waals surface area contributed by atoms with Gasteiger partial charge in [0, 0.05) is 19.5 Å².